The number of hydrogen-bond acceptors (Lipinski definition) is 2. The van der Waals surface area contributed by atoms with Gasteiger partial charge in [0.25, 0.3) is 0 Å². The molecule has 0 radical (unpaired) electrons. The normalized spacial score (nSPS) is 10.3. The first-order valence-corrected chi connectivity index (χ1v) is 6.39. The minimum absolute atomic E-state index is 0.00675. The Morgan fingerprint density at radius 2 is 1.32 bits per heavy atom. The van der Waals surface area contributed by atoms with Crippen molar-refractivity contribution in [1.82, 2.24) is 5.43 Å². The van der Waals surface area contributed by atoms with Crippen LogP contribution in [0, 0.1) is 5.92 Å². The van der Waals surface area contributed by atoms with Crippen LogP contribution >= 0.6 is 0 Å². The van der Waals surface area contributed by atoms with Crippen LogP contribution in [0.4, 0.5) is 11.4 Å². The van der Waals surface area contributed by atoms with Gasteiger partial charge in [0.05, 0.1) is 11.4 Å². The van der Waals surface area contributed by atoms with Gasteiger partial charge in [0.1, 0.15) is 0 Å². The molecule has 2 aromatic carbocycles. The fourth-order valence-corrected chi connectivity index (χ4v) is 1.67. The molecule has 0 spiro atoms. The Morgan fingerprint density at radius 1 is 0.895 bits per heavy atom. The van der Waals surface area contributed by atoms with Crippen molar-refractivity contribution < 1.29 is 4.79 Å². The molecule has 19 heavy (non-hydrogen) atoms. The maximum Gasteiger partial charge on any atom is 0.241 e. The zero-order valence-corrected chi connectivity index (χ0v) is 11.2. The Balaban J connectivity index is 2.32. The molecule has 0 heterocycles. The second-order valence-electron chi connectivity index (χ2n) is 4.64. The lowest BCUT2D eigenvalue weighted by Crippen LogP contribution is -2.41. The number of nitrogens with zero attached hydrogens (tertiary/aromatic N) is 1. The number of carbonyl (C=O) groups excluding carboxylic acids is 1. The van der Waals surface area contributed by atoms with Gasteiger partial charge in [0.2, 0.25) is 5.91 Å². The molecule has 0 unspecified atom stereocenters. The largest absolute Gasteiger partial charge is 0.273 e. The standard InChI is InChI=1S/C16H18N2O/c1-13(2)16(19)17-18(14-9-5-3-6-10-14)15-11-7-4-8-12-15/h3-13H,1-2H3,(H,17,19). The summed E-state index contributed by atoms with van der Waals surface area (Å²) in [7, 11) is 0. The van der Waals surface area contributed by atoms with Crippen molar-refractivity contribution in [3.8, 4) is 0 Å². The van der Waals surface area contributed by atoms with Gasteiger partial charge in [-0.15, -0.1) is 0 Å². The van der Waals surface area contributed by atoms with E-state index >= 15 is 0 Å². The number of nitrogens with one attached hydrogen (secondary N) is 1. The minimum atomic E-state index is -0.0603. The van der Waals surface area contributed by atoms with Crippen molar-refractivity contribution in [2.75, 3.05) is 5.01 Å². The first-order valence-electron chi connectivity index (χ1n) is 6.39. The Kier molecular flexibility index (Phi) is 4.18. The monoisotopic (exact) mass is 254 g/mol. The van der Waals surface area contributed by atoms with Crippen LogP contribution in [0.1, 0.15) is 13.8 Å². The van der Waals surface area contributed by atoms with Crippen molar-refractivity contribution in [2.45, 2.75) is 13.8 Å². The molecule has 1 N–H and O–H groups in total. The highest BCUT2D eigenvalue weighted by atomic mass is 16.2. The fourth-order valence-electron chi connectivity index (χ4n) is 1.67. The second-order valence-corrected chi connectivity index (χ2v) is 4.64. The van der Waals surface area contributed by atoms with Crippen molar-refractivity contribution in [2.24, 2.45) is 5.92 Å². The van der Waals surface area contributed by atoms with Gasteiger partial charge in [-0.3, -0.25) is 15.2 Å². The third-order valence-corrected chi connectivity index (χ3v) is 2.78. The smallest absolute Gasteiger partial charge is 0.241 e. The molecule has 98 valence electrons. The average molecular weight is 254 g/mol. The van der Waals surface area contributed by atoms with Crippen molar-refractivity contribution in [3.63, 3.8) is 0 Å². The molecule has 0 fully saturated rings. The summed E-state index contributed by atoms with van der Waals surface area (Å²) in [5.74, 6) is -0.0670. The van der Waals surface area contributed by atoms with Crippen molar-refractivity contribution in [1.29, 1.82) is 0 Å². The van der Waals surface area contributed by atoms with E-state index in [2.05, 4.69) is 5.43 Å². The van der Waals surface area contributed by atoms with E-state index in [9.17, 15) is 4.79 Å². The first-order chi connectivity index (χ1) is 9.18. The van der Waals surface area contributed by atoms with E-state index in [0.717, 1.165) is 11.4 Å². The van der Waals surface area contributed by atoms with Crippen LogP contribution in [0.15, 0.2) is 60.7 Å². The zero-order valence-electron chi connectivity index (χ0n) is 11.2. The van der Waals surface area contributed by atoms with Gasteiger partial charge in [-0.1, -0.05) is 50.2 Å². The summed E-state index contributed by atoms with van der Waals surface area (Å²) in [5.41, 5.74) is 4.81. The number of hydrogen-bond donors (Lipinski definition) is 1. The number of anilines is 2. The highest BCUT2D eigenvalue weighted by Gasteiger charge is 2.14. The maximum atomic E-state index is 11.9. The molecule has 0 atom stereocenters. The molecular weight excluding hydrogens is 236 g/mol. The Morgan fingerprint density at radius 3 is 1.68 bits per heavy atom. The van der Waals surface area contributed by atoms with Crippen LogP contribution < -0.4 is 10.4 Å². The van der Waals surface area contributed by atoms with Gasteiger partial charge in [0.15, 0.2) is 0 Å². The summed E-state index contributed by atoms with van der Waals surface area (Å²) >= 11 is 0. The highest BCUT2D eigenvalue weighted by molar-refractivity contribution is 5.82. The van der Waals surface area contributed by atoms with Gasteiger partial charge < -0.3 is 0 Å². The number of para-hydroxylation sites is 2. The molecule has 0 aliphatic rings. The predicted octanol–water partition coefficient (Wildman–Crippen LogP) is 3.51. The third kappa shape index (κ3) is 3.35. The van der Waals surface area contributed by atoms with Crippen LogP contribution in [0.25, 0.3) is 0 Å². The van der Waals surface area contributed by atoms with Crippen molar-refractivity contribution >= 4 is 17.3 Å². The lowest BCUT2D eigenvalue weighted by molar-refractivity contribution is -0.123. The summed E-state index contributed by atoms with van der Waals surface area (Å²) in [6.07, 6.45) is 0. The molecule has 1 amide bonds. The van der Waals surface area contributed by atoms with Crippen LogP contribution in [-0.2, 0) is 4.79 Å². The van der Waals surface area contributed by atoms with E-state index in [1.165, 1.54) is 0 Å². The molecule has 0 saturated carbocycles. The molecule has 3 heteroatoms. The van der Waals surface area contributed by atoms with E-state index in [1.807, 2.05) is 79.5 Å². The third-order valence-electron chi connectivity index (χ3n) is 2.78. The molecule has 0 saturated heterocycles. The Bertz CT molecular complexity index is 483. The fraction of sp³-hybridized carbons (Fsp3) is 0.188. The molecule has 3 nitrogen and oxygen atoms in total. The highest BCUT2D eigenvalue weighted by Crippen LogP contribution is 2.22. The topological polar surface area (TPSA) is 32.3 Å². The number of carbonyl (C=O) groups is 1. The number of benzene rings is 2. The van der Waals surface area contributed by atoms with E-state index < -0.39 is 0 Å². The molecular formula is C16H18N2O. The number of hydrazine groups is 1. The Hall–Kier alpha value is -2.29. The number of amides is 1. The molecule has 0 aliphatic heterocycles. The maximum absolute atomic E-state index is 11.9. The number of rotatable bonds is 4. The SMILES string of the molecule is CC(C)C(=O)NN(c1ccccc1)c1ccccc1. The van der Waals surface area contributed by atoms with Gasteiger partial charge in [-0.05, 0) is 24.3 Å². The zero-order chi connectivity index (χ0) is 13.7. The lowest BCUT2D eigenvalue weighted by Gasteiger charge is -2.26. The van der Waals surface area contributed by atoms with Gasteiger partial charge in [-0.25, -0.2) is 0 Å². The van der Waals surface area contributed by atoms with Crippen molar-refractivity contribution in [3.05, 3.63) is 60.7 Å². The molecule has 0 aromatic heterocycles. The summed E-state index contributed by atoms with van der Waals surface area (Å²) < 4.78 is 0. The van der Waals surface area contributed by atoms with Crippen LogP contribution in [0.2, 0.25) is 0 Å². The van der Waals surface area contributed by atoms with Gasteiger partial charge in [0, 0.05) is 5.92 Å². The first kappa shape index (κ1) is 13.1. The van der Waals surface area contributed by atoms with E-state index in [1.54, 1.807) is 0 Å². The molecule has 2 aromatic rings. The minimum Gasteiger partial charge on any atom is -0.273 e. The summed E-state index contributed by atoms with van der Waals surface area (Å²) in [4.78, 5) is 11.9. The average Bonchev–Trinajstić information content (AvgIpc) is 2.46. The molecule has 2 rings (SSSR count). The van der Waals surface area contributed by atoms with Gasteiger partial charge in [-0.2, -0.15) is 0 Å². The summed E-state index contributed by atoms with van der Waals surface area (Å²) in [5, 5.41) is 1.81. The lowest BCUT2D eigenvalue weighted by atomic mass is 10.2. The predicted molar refractivity (Wildman–Crippen MR) is 78.0 cm³/mol. The van der Waals surface area contributed by atoms with E-state index in [4.69, 9.17) is 0 Å². The van der Waals surface area contributed by atoms with Crippen LogP contribution in [-0.4, -0.2) is 5.91 Å². The molecule has 0 bridgehead atoms. The summed E-state index contributed by atoms with van der Waals surface area (Å²) in [6.45, 7) is 3.76. The summed E-state index contributed by atoms with van der Waals surface area (Å²) in [6, 6.07) is 19.6. The van der Waals surface area contributed by atoms with E-state index in [-0.39, 0.29) is 11.8 Å². The molecule has 0 aliphatic carbocycles. The van der Waals surface area contributed by atoms with Gasteiger partial charge >= 0.3 is 0 Å². The van der Waals surface area contributed by atoms with E-state index in [0.29, 0.717) is 0 Å². The van der Waals surface area contributed by atoms with Crippen LogP contribution in [0.5, 0.6) is 0 Å². The second kappa shape index (κ2) is 6.05. The van der Waals surface area contributed by atoms with Crippen LogP contribution in [0.3, 0.4) is 0 Å². The Labute approximate surface area is 113 Å². The quantitative estimate of drug-likeness (QED) is 0.847.